The number of imidazole rings is 1. The van der Waals surface area contributed by atoms with Crippen LogP contribution in [-0.2, 0) is 20.7 Å². The molecule has 2 aromatic rings. The van der Waals surface area contributed by atoms with Crippen LogP contribution in [0.15, 0.2) is 18.3 Å². The number of carbonyl (C=O) groups excluding carboxylic acids is 1. The van der Waals surface area contributed by atoms with Crippen LogP contribution in [-0.4, -0.2) is 65.4 Å². The fraction of sp³-hybridized carbons (Fsp3) is 0.611. The Labute approximate surface area is 147 Å². The highest BCUT2D eigenvalue weighted by atomic mass is 16.5. The number of aryl methyl sites for hydroxylation is 1. The van der Waals surface area contributed by atoms with E-state index in [2.05, 4.69) is 16.5 Å². The molecule has 2 aromatic heterocycles. The third-order valence-electron chi connectivity index (χ3n) is 4.53. The molecule has 0 spiro atoms. The van der Waals surface area contributed by atoms with Gasteiger partial charge in [-0.2, -0.15) is 0 Å². The Morgan fingerprint density at radius 2 is 2.20 bits per heavy atom. The summed E-state index contributed by atoms with van der Waals surface area (Å²) in [5.74, 6) is 1.17. The lowest BCUT2D eigenvalue weighted by Crippen LogP contribution is -2.40. The standard InChI is InChI=1S/C18H26N4O3/c1-14(13-24-2)22-16(20-15-5-4-8-19-18(15)22)6-3-7-17(23)21-9-11-25-12-10-21/h4-5,8,14H,3,6-7,9-13H2,1-2H3. The summed E-state index contributed by atoms with van der Waals surface area (Å²) < 4.78 is 12.7. The van der Waals surface area contributed by atoms with Crippen molar-refractivity contribution in [2.24, 2.45) is 0 Å². The van der Waals surface area contributed by atoms with Gasteiger partial charge >= 0.3 is 0 Å². The highest BCUT2D eigenvalue weighted by Gasteiger charge is 2.19. The Balaban J connectivity index is 1.68. The largest absolute Gasteiger partial charge is 0.383 e. The van der Waals surface area contributed by atoms with E-state index in [1.807, 2.05) is 17.0 Å². The van der Waals surface area contributed by atoms with Crippen LogP contribution in [0.2, 0.25) is 0 Å². The number of pyridine rings is 1. The third-order valence-corrected chi connectivity index (χ3v) is 4.53. The number of hydrogen-bond acceptors (Lipinski definition) is 5. The fourth-order valence-corrected chi connectivity index (χ4v) is 3.30. The minimum atomic E-state index is 0.148. The number of hydrogen-bond donors (Lipinski definition) is 0. The number of morpholine rings is 1. The second kappa shape index (κ2) is 8.40. The van der Waals surface area contributed by atoms with Crippen molar-refractivity contribution in [3.05, 3.63) is 24.2 Å². The highest BCUT2D eigenvalue weighted by Crippen LogP contribution is 2.21. The molecule has 3 rings (SSSR count). The zero-order chi connectivity index (χ0) is 17.6. The summed E-state index contributed by atoms with van der Waals surface area (Å²) in [5, 5.41) is 0. The Kier molecular flexibility index (Phi) is 5.99. The number of ether oxygens (including phenoxy) is 2. The van der Waals surface area contributed by atoms with E-state index in [4.69, 9.17) is 14.5 Å². The van der Waals surface area contributed by atoms with E-state index in [1.165, 1.54) is 0 Å². The lowest BCUT2D eigenvalue weighted by Gasteiger charge is -2.26. The topological polar surface area (TPSA) is 69.5 Å². The quantitative estimate of drug-likeness (QED) is 0.765. The van der Waals surface area contributed by atoms with Gasteiger partial charge in [0.05, 0.1) is 25.9 Å². The smallest absolute Gasteiger partial charge is 0.222 e. The van der Waals surface area contributed by atoms with Crippen molar-refractivity contribution in [2.75, 3.05) is 40.0 Å². The van der Waals surface area contributed by atoms with Crippen LogP contribution in [0.4, 0.5) is 0 Å². The van der Waals surface area contributed by atoms with Gasteiger partial charge in [0.2, 0.25) is 5.91 Å². The first-order chi connectivity index (χ1) is 12.2. The van der Waals surface area contributed by atoms with Crippen LogP contribution in [0.25, 0.3) is 11.2 Å². The van der Waals surface area contributed by atoms with Crippen molar-refractivity contribution >= 4 is 17.1 Å². The fourth-order valence-electron chi connectivity index (χ4n) is 3.30. The summed E-state index contributed by atoms with van der Waals surface area (Å²) in [6.45, 7) is 5.38. The van der Waals surface area contributed by atoms with Crippen molar-refractivity contribution in [3.63, 3.8) is 0 Å². The molecule has 1 aliphatic heterocycles. The van der Waals surface area contributed by atoms with Crippen molar-refractivity contribution in [1.29, 1.82) is 0 Å². The SMILES string of the molecule is COCC(C)n1c(CCCC(=O)N2CCOCC2)nc2cccnc21. The van der Waals surface area contributed by atoms with Gasteiger partial charge < -0.3 is 18.9 Å². The second-order valence-electron chi connectivity index (χ2n) is 6.40. The molecule has 136 valence electrons. The molecule has 1 amide bonds. The van der Waals surface area contributed by atoms with Crippen LogP contribution in [0.3, 0.4) is 0 Å². The molecule has 0 aliphatic carbocycles. The maximum Gasteiger partial charge on any atom is 0.222 e. The van der Waals surface area contributed by atoms with E-state index in [9.17, 15) is 4.79 Å². The van der Waals surface area contributed by atoms with Crippen LogP contribution < -0.4 is 0 Å². The average molecular weight is 346 g/mol. The van der Waals surface area contributed by atoms with E-state index in [0.29, 0.717) is 39.3 Å². The van der Waals surface area contributed by atoms with Crippen LogP contribution in [0.1, 0.15) is 31.6 Å². The van der Waals surface area contributed by atoms with Crippen molar-refractivity contribution in [1.82, 2.24) is 19.4 Å². The van der Waals surface area contributed by atoms with E-state index >= 15 is 0 Å². The Morgan fingerprint density at radius 3 is 2.96 bits per heavy atom. The first-order valence-electron chi connectivity index (χ1n) is 8.87. The summed E-state index contributed by atoms with van der Waals surface area (Å²) >= 11 is 0. The number of carbonyl (C=O) groups is 1. The number of aromatic nitrogens is 3. The number of fused-ring (bicyclic) bond motifs is 1. The third kappa shape index (κ3) is 4.16. The van der Waals surface area contributed by atoms with Crippen molar-refractivity contribution < 1.29 is 14.3 Å². The Bertz CT molecular complexity index is 709. The summed E-state index contributed by atoms with van der Waals surface area (Å²) in [6.07, 6.45) is 3.85. The Hall–Kier alpha value is -1.99. The molecular formula is C18H26N4O3. The normalized spacial score (nSPS) is 16.3. The number of methoxy groups -OCH3 is 1. The molecule has 0 saturated carbocycles. The van der Waals surface area contributed by atoms with Gasteiger partial charge in [-0.3, -0.25) is 4.79 Å². The molecule has 1 saturated heterocycles. The van der Waals surface area contributed by atoms with Gasteiger partial charge in [0.1, 0.15) is 11.3 Å². The molecule has 1 aliphatic rings. The molecule has 0 bridgehead atoms. The average Bonchev–Trinajstić information content (AvgIpc) is 3.01. The number of rotatable bonds is 7. The number of nitrogens with zero attached hydrogens (tertiary/aromatic N) is 4. The molecule has 7 heteroatoms. The predicted molar refractivity (Wildman–Crippen MR) is 94.5 cm³/mol. The van der Waals surface area contributed by atoms with Gasteiger partial charge in [0, 0.05) is 39.2 Å². The molecule has 25 heavy (non-hydrogen) atoms. The van der Waals surface area contributed by atoms with Crippen molar-refractivity contribution in [2.45, 2.75) is 32.2 Å². The lowest BCUT2D eigenvalue weighted by atomic mass is 10.2. The summed E-state index contributed by atoms with van der Waals surface area (Å²) in [4.78, 5) is 23.4. The number of amides is 1. The van der Waals surface area contributed by atoms with Gasteiger partial charge in [0.15, 0.2) is 5.65 Å². The van der Waals surface area contributed by atoms with Gasteiger partial charge in [-0.05, 0) is 25.5 Å². The van der Waals surface area contributed by atoms with Crippen molar-refractivity contribution in [3.8, 4) is 0 Å². The van der Waals surface area contributed by atoms with Crippen LogP contribution in [0, 0.1) is 0 Å². The molecule has 0 aromatic carbocycles. The molecule has 1 unspecified atom stereocenters. The molecule has 0 N–H and O–H groups in total. The van der Waals surface area contributed by atoms with Gasteiger partial charge in [-0.15, -0.1) is 0 Å². The summed E-state index contributed by atoms with van der Waals surface area (Å²) in [7, 11) is 1.70. The van der Waals surface area contributed by atoms with E-state index in [1.54, 1.807) is 13.3 Å². The zero-order valence-corrected chi connectivity index (χ0v) is 15.0. The minimum Gasteiger partial charge on any atom is -0.383 e. The van der Waals surface area contributed by atoms with E-state index < -0.39 is 0 Å². The zero-order valence-electron chi connectivity index (χ0n) is 15.0. The highest BCUT2D eigenvalue weighted by molar-refractivity contribution is 5.76. The molecule has 7 nitrogen and oxygen atoms in total. The summed E-state index contributed by atoms with van der Waals surface area (Å²) in [6, 6.07) is 4.02. The molecule has 1 fully saturated rings. The van der Waals surface area contributed by atoms with E-state index in [-0.39, 0.29) is 11.9 Å². The van der Waals surface area contributed by atoms with Gasteiger partial charge in [0.25, 0.3) is 0 Å². The molecular weight excluding hydrogens is 320 g/mol. The van der Waals surface area contributed by atoms with Crippen LogP contribution >= 0.6 is 0 Å². The maximum atomic E-state index is 12.3. The first-order valence-corrected chi connectivity index (χ1v) is 8.87. The maximum absolute atomic E-state index is 12.3. The van der Waals surface area contributed by atoms with Crippen LogP contribution in [0.5, 0.6) is 0 Å². The molecule has 3 heterocycles. The van der Waals surface area contributed by atoms with Gasteiger partial charge in [-0.25, -0.2) is 9.97 Å². The van der Waals surface area contributed by atoms with Gasteiger partial charge in [-0.1, -0.05) is 0 Å². The predicted octanol–water partition coefficient (Wildman–Crippen LogP) is 1.82. The Morgan fingerprint density at radius 1 is 1.40 bits per heavy atom. The molecule has 1 atom stereocenters. The summed E-state index contributed by atoms with van der Waals surface area (Å²) in [5.41, 5.74) is 1.77. The van der Waals surface area contributed by atoms with E-state index in [0.717, 1.165) is 29.8 Å². The minimum absolute atomic E-state index is 0.148. The monoisotopic (exact) mass is 346 g/mol. The molecule has 0 radical (unpaired) electrons. The first kappa shape index (κ1) is 17.8. The lowest BCUT2D eigenvalue weighted by molar-refractivity contribution is -0.135. The second-order valence-corrected chi connectivity index (χ2v) is 6.40.